The molecular formula is C6H8NO3P. The van der Waals surface area contributed by atoms with Crippen LogP contribution < -0.4 is 4.52 Å². The Morgan fingerprint density at radius 1 is 1.64 bits per heavy atom. The van der Waals surface area contributed by atoms with E-state index in [0.29, 0.717) is 0 Å². The van der Waals surface area contributed by atoms with Gasteiger partial charge in [0.05, 0.1) is 0 Å². The number of rotatable bonds is 2. The molecular weight excluding hydrogens is 165 g/mol. The molecule has 1 aromatic rings. The van der Waals surface area contributed by atoms with Gasteiger partial charge in [0.2, 0.25) is 5.88 Å². The molecule has 0 amide bonds. The molecule has 0 bridgehead atoms. The van der Waals surface area contributed by atoms with Crippen molar-refractivity contribution in [1.82, 2.24) is 4.98 Å². The van der Waals surface area contributed by atoms with Gasteiger partial charge in [0.15, 0.2) is 0 Å². The Hall–Kier alpha value is -0.860. The van der Waals surface area contributed by atoms with Crippen LogP contribution in [0.2, 0.25) is 0 Å². The summed E-state index contributed by atoms with van der Waals surface area (Å²) in [7, 11) is -3.45. The third kappa shape index (κ3) is 3.16. The van der Waals surface area contributed by atoms with Crippen molar-refractivity contribution >= 4 is 7.60 Å². The fourth-order valence-electron chi connectivity index (χ4n) is 0.575. The van der Waals surface area contributed by atoms with Crippen molar-refractivity contribution in [3.05, 3.63) is 24.4 Å². The van der Waals surface area contributed by atoms with E-state index >= 15 is 0 Å². The zero-order valence-electron chi connectivity index (χ0n) is 5.97. The van der Waals surface area contributed by atoms with Crippen LogP contribution in [0.1, 0.15) is 0 Å². The van der Waals surface area contributed by atoms with Gasteiger partial charge in [0.1, 0.15) is 0 Å². The van der Waals surface area contributed by atoms with Crippen LogP contribution in [0, 0.1) is 0 Å². The molecule has 5 heteroatoms. The van der Waals surface area contributed by atoms with Crippen molar-refractivity contribution in [2.75, 3.05) is 6.66 Å². The lowest BCUT2D eigenvalue weighted by atomic mass is 10.5. The Balaban J connectivity index is 2.74. The molecule has 1 N–H and O–H groups in total. The van der Waals surface area contributed by atoms with Crippen LogP contribution in [0.25, 0.3) is 0 Å². The van der Waals surface area contributed by atoms with Crippen molar-refractivity contribution in [2.45, 2.75) is 0 Å². The first-order valence-corrected chi connectivity index (χ1v) is 5.01. The lowest BCUT2D eigenvalue weighted by molar-refractivity contribution is 0.381. The summed E-state index contributed by atoms with van der Waals surface area (Å²) in [6.07, 6.45) is 1.49. The fourth-order valence-corrected chi connectivity index (χ4v) is 1.03. The highest BCUT2D eigenvalue weighted by molar-refractivity contribution is 7.52. The summed E-state index contributed by atoms with van der Waals surface area (Å²) in [5.41, 5.74) is 0. The number of pyridine rings is 1. The molecule has 1 unspecified atom stereocenters. The van der Waals surface area contributed by atoms with Crippen LogP contribution in [0.3, 0.4) is 0 Å². The first-order chi connectivity index (χ1) is 5.08. The van der Waals surface area contributed by atoms with E-state index in [1.807, 2.05) is 0 Å². The molecule has 0 radical (unpaired) electrons. The Labute approximate surface area is 64.4 Å². The van der Waals surface area contributed by atoms with Crippen molar-refractivity contribution in [2.24, 2.45) is 0 Å². The third-order valence-electron chi connectivity index (χ3n) is 0.901. The van der Waals surface area contributed by atoms with Crippen LogP contribution in [0.4, 0.5) is 0 Å². The van der Waals surface area contributed by atoms with Crippen molar-refractivity contribution in [1.29, 1.82) is 0 Å². The van der Waals surface area contributed by atoms with E-state index in [2.05, 4.69) is 9.51 Å². The summed E-state index contributed by atoms with van der Waals surface area (Å²) in [6.45, 7) is 1.11. The number of hydrogen-bond donors (Lipinski definition) is 1. The van der Waals surface area contributed by atoms with Crippen molar-refractivity contribution in [3.63, 3.8) is 0 Å². The van der Waals surface area contributed by atoms with Gasteiger partial charge in [-0.1, -0.05) is 6.07 Å². The van der Waals surface area contributed by atoms with E-state index < -0.39 is 7.60 Å². The van der Waals surface area contributed by atoms with Gasteiger partial charge >= 0.3 is 7.60 Å². The first-order valence-electron chi connectivity index (χ1n) is 2.99. The monoisotopic (exact) mass is 173 g/mol. The SMILES string of the molecule is CP(=O)(O)Oc1ccccn1. The zero-order valence-corrected chi connectivity index (χ0v) is 6.86. The van der Waals surface area contributed by atoms with Gasteiger partial charge < -0.3 is 9.42 Å². The number of nitrogens with zero attached hydrogens (tertiary/aromatic N) is 1. The Bertz CT molecular complexity index is 268. The van der Waals surface area contributed by atoms with E-state index in [1.165, 1.54) is 12.3 Å². The second-order valence-electron chi connectivity index (χ2n) is 2.06. The van der Waals surface area contributed by atoms with Crippen LogP contribution >= 0.6 is 7.60 Å². The molecule has 1 heterocycles. The average molecular weight is 173 g/mol. The van der Waals surface area contributed by atoms with Gasteiger partial charge in [-0.25, -0.2) is 9.55 Å². The van der Waals surface area contributed by atoms with Crippen molar-refractivity contribution < 1.29 is 14.0 Å². The standard InChI is InChI=1S/C6H8NO3P/c1-11(8,9)10-6-4-2-3-5-7-6/h2-5H,1H3,(H,8,9). The molecule has 11 heavy (non-hydrogen) atoms. The van der Waals surface area contributed by atoms with Crippen LogP contribution in [-0.4, -0.2) is 16.5 Å². The molecule has 0 fully saturated rings. The molecule has 0 aliphatic heterocycles. The van der Waals surface area contributed by atoms with Crippen molar-refractivity contribution in [3.8, 4) is 5.88 Å². The molecule has 4 nitrogen and oxygen atoms in total. The van der Waals surface area contributed by atoms with E-state index in [0.717, 1.165) is 6.66 Å². The average Bonchev–Trinajstić information content (AvgIpc) is 1.85. The molecule has 1 aromatic heterocycles. The Morgan fingerprint density at radius 3 is 2.82 bits per heavy atom. The van der Waals surface area contributed by atoms with Gasteiger partial charge in [-0.2, -0.15) is 0 Å². The molecule has 0 spiro atoms. The predicted octanol–water partition coefficient (Wildman–Crippen LogP) is 1.28. The topological polar surface area (TPSA) is 59.4 Å². The highest BCUT2D eigenvalue weighted by atomic mass is 31.2. The minimum absolute atomic E-state index is 0.167. The van der Waals surface area contributed by atoms with Gasteiger partial charge in [-0.05, 0) is 6.07 Å². The summed E-state index contributed by atoms with van der Waals surface area (Å²) in [5.74, 6) is 0.167. The Kier molecular flexibility index (Phi) is 2.27. The largest absolute Gasteiger partial charge is 0.406 e. The molecule has 0 aromatic carbocycles. The lowest BCUT2D eigenvalue weighted by Crippen LogP contribution is -1.90. The molecule has 0 aliphatic carbocycles. The van der Waals surface area contributed by atoms with Gasteiger partial charge in [-0.3, -0.25) is 0 Å². The highest BCUT2D eigenvalue weighted by Crippen LogP contribution is 2.36. The van der Waals surface area contributed by atoms with Crippen LogP contribution in [-0.2, 0) is 4.57 Å². The second kappa shape index (κ2) is 3.03. The fraction of sp³-hybridized carbons (Fsp3) is 0.167. The summed E-state index contributed by atoms with van der Waals surface area (Å²) < 4.78 is 15.3. The maximum Gasteiger partial charge on any atom is 0.374 e. The van der Waals surface area contributed by atoms with Gasteiger partial charge in [0, 0.05) is 18.9 Å². The van der Waals surface area contributed by atoms with E-state index in [4.69, 9.17) is 4.89 Å². The number of hydrogen-bond acceptors (Lipinski definition) is 3. The van der Waals surface area contributed by atoms with E-state index in [-0.39, 0.29) is 5.88 Å². The second-order valence-corrected chi connectivity index (χ2v) is 3.85. The normalized spacial score (nSPS) is 15.5. The molecule has 1 rings (SSSR count). The predicted molar refractivity (Wildman–Crippen MR) is 40.6 cm³/mol. The molecule has 60 valence electrons. The summed E-state index contributed by atoms with van der Waals surface area (Å²) in [5, 5.41) is 0. The molecule has 0 aliphatic rings. The maximum absolute atomic E-state index is 10.7. The van der Waals surface area contributed by atoms with Gasteiger partial charge in [0.25, 0.3) is 0 Å². The summed E-state index contributed by atoms with van der Waals surface area (Å²) in [6, 6.07) is 4.90. The summed E-state index contributed by atoms with van der Waals surface area (Å²) >= 11 is 0. The third-order valence-corrected chi connectivity index (χ3v) is 1.43. The molecule has 1 atom stereocenters. The van der Waals surface area contributed by atoms with Crippen LogP contribution in [0.5, 0.6) is 5.88 Å². The minimum atomic E-state index is -3.45. The lowest BCUT2D eigenvalue weighted by Gasteiger charge is -2.05. The Morgan fingerprint density at radius 2 is 2.36 bits per heavy atom. The van der Waals surface area contributed by atoms with Gasteiger partial charge in [-0.15, -0.1) is 0 Å². The molecule has 0 saturated heterocycles. The van der Waals surface area contributed by atoms with Crippen LogP contribution in [0.15, 0.2) is 24.4 Å². The van der Waals surface area contributed by atoms with E-state index in [9.17, 15) is 4.57 Å². The summed E-state index contributed by atoms with van der Waals surface area (Å²) in [4.78, 5) is 12.5. The highest BCUT2D eigenvalue weighted by Gasteiger charge is 2.11. The van der Waals surface area contributed by atoms with E-state index in [1.54, 1.807) is 12.1 Å². The number of aromatic nitrogens is 1. The smallest absolute Gasteiger partial charge is 0.374 e. The first kappa shape index (κ1) is 8.24. The molecule has 0 saturated carbocycles. The minimum Gasteiger partial charge on any atom is -0.406 e. The maximum atomic E-state index is 10.7. The zero-order chi connectivity index (χ0) is 8.32. The quantitative estimate of drug-likeness (QED) is 0.684.